The molecular weight excluding hydrogens is 316 g/mol. The number of benzene rings is 1. The Kier molecular flexibility index (Phi) is 6.20. The second-order valence-electron chi connectivity index (χ2n) is 6.06. The summed E-state index contributed by atoms with van der Waals surface area (Å²) in [5, 5.41) is 48.5. The SMILES string of the molecule is C=C(C)CCc1ccc(O)cc1O[C@@H]1O[C@H](CO)[C@@H](O)[C@H](O)[C@H]1O. The molecule has 0 unspecified atom stereocenters. The number of hydrogen-bond acceptors (Lipinski definition) is 7. The second kappa shape index (κ2) is 7.96. The van der Waals surface area contributed by atoms with Gasteiger partial charge >= 0.3 is 0 Å². The van der Waals surface area contributed by atoms with Gasteiger partial charge in [-0.2, -0.15) is 0 Å². The van der Waals surface area contributed by atoms with Crippen molar-refractivity contribution in [3.63, 3.8) is 0 Å². The van der Waals surface area contributed by atoms with Crippen LogP contribution < -0.4 is 4.74 Å². The molecule has 1 fully saturated rings. The summed E-state index contributed by atoms with van der Waals surface area (Å²) in [6.07, 6.45) is -5.47. The predicted octanol–water partition coefficient (Wildman–Crippen LogP) is 0.0796. The maximum Gasteiger partial charge on any atom is 0.229 e. The third-order valence-electron chi connectivity index (χ3n) is 3.96. The van der Waals surface area contributed by atoms with Crippen LogP contribution in [0.2, 0.25) is 0 Å². The highest BCUT2D eigenvalue weighted by Gasteiger charge is 2.44. The van der Waals surface area contributed by atoms with E-state index in [-0.39, 0.29) is 5.75 Å². The van der Waals surface area contributed by atoms with Crippen LogP contribution in [0.3, 0.4) is 0 Å². The summed E-state index contributed by atoms with van der Waals surface area (Å²) in [4.78, 5) is 0. The summed E-state index contributed by atoms with van der Waals surface area (Å²) in [5.74, 6) is 0.272. The molecule has 0 radical (unpaired) electrons. The van der Waals surface area contributed by atoms with E-state index >= 15 is 0 Å². The fourth-order valence-corrected chi connectivity index (χ4v) is 2.50. The van der Waals surface area contributed by atoms with Crippen molar-refractivity contribution in [2.75, 3.05) is 6.61 Å². The highest BCUT2D eigenvalue weighted by molar-refractivity contribution is 5.40. The summed E-state index contributed by atoms with van der Waals surface area (Å²) in [5.41, 5.74) is 1.76. The van der Waals surface area contributed by atoms with Crippen LogP contribution in [0.15, 0.2) is 30.4 Å². The van der Waals surface area contributed by atoms with E-state index < -0.39 is 37.3 Å². The van der Waals surface area contributed by atoms with Gasteiger partial charge in [0.1, 0.15) is 35.9 Å². The predicted molar refractivity (Wildman–Crippen MR) is 85.6 cm³/mol. The number of aromatic hydroxyl groups is 1. The molecule has 5 N–H and O–H groups in total. The second-order valence-corrected chi connectivity index (χ2v) is 6.06. The molecule has 0 aliphatic carbocycles. The summed E-state index contributed by atoms with van der Waals surface area (Å²) >= 11 is 0. The molecule has 1 aliphatic rings. The summed E-state index contributed by atoms with van der Waals surface area (Å²) < 4.78 is 10.9. The van der Waals surface area contributed by atoms with E-state index in [4.69, 9.17) is 9.47 Å². The molecule has 0 amide bonds. The summed E-state index contributed by atoms with van der Waals surface area (Å²) in [7, 11) is 0. The molecule has 7 heteroatoms. The van der Waals surface area contributed by atoms with Gasteiger partial charge in [0, 0.05) is 6.07 Å². The van der Waals surface area contributed by atoms with Crippen LogP contribution in [0, 0.1) is 0 Å². The lowest BCUT2D eigenvalue weighted by molar-refractivity contribution is -0.277. The molecule has 0 aromatic heterocycles. The van der Waals surface area contributed by atoms with Gasteiger partial charge in [0.25, 0.3) is 0 Å². The number of rotatable bonds is 6. The Morgan fingerprint density at radius 3 is 2.54 bits per heavy atom. The Labute approximate surface area is 140 Å². The van der Waals surface area contributed by atoms with Crippen LogP contribution in [0.4, 0.5) is 0 Å². The molecule has 7 nitrogen and oxygen atoms in total. The number of hydrogen-bond donors (Lipinski definition) is 5. The number of phenols is 1. The van der Waals surface area contributed by atoms with Gasteiger partial charge in [0.15, 0.2) is 0 Å². The first kappa shape index (κ1) is 18.7. The van der Waals surface area contributed by atoms with Gasteiger partial charge in [-0.3, -0.25) is 0 Å². The zero-order valence-electron chi connectivity index (χ0n) is 13.5. The molecule has 134 valence electrons. The fourth-order valence-electron chi connectivity index (χ4n) is 2.50. The number of aryl methyl sites for hydroxylation is 1. The summed E-state index contributed by atoms with van der Waals surface area (Å²) in [6, 6.07) is 4.60. The number of phenolic OH excluding ortho intramolecular Hbond substituents is 1. The number of allylic oxidation sites excluding steroid dienone is 1. The van der Waals surface area contributed by atoms with Gasteiger partial charge in [-0.25, -0.2) is 0 Å². The normalized spacial score (nSPS) is 30.1. The maximum atomic E-state index is 10.0. The maximum absolute atomic E-state index is 10.0. The lowest BCUT2D eigenvalue weighted by atomic mass is 9.99. The van der Waals surface area contributed by atoms with Crippen molar-refractivity contribution in [2.24, 2.45) is 0 Å². The Morgan fingerprint density at radius 1 is 1.21 bits per heavy atom. The summed E-state index contributed by atoms with van der Waals surface area (Å²) in [6.45, 7) is 5.21. The van der Waals surface area contributed by atoms with E-state index in [0.29, 0.717) is 12.2 Å². The lowest BCUT2D eigenvalue weighted by Gasteiger charge is -2.39. The third-order valence-corrected chi connectivity index (χ3v) is 3.96. The molecule has 24 heavy (non-hydrogen) atoms. The van der Waals surface area contributed by atoms with E-state index in [1.807, 2.05) is 6.92 Å². The minimum absolute atomic E-state index is 0.0198. The Morgan fingerprint density at radius 2 is 1.92 bits per heavy atom. The minimum Gasteiger partial charge on any atom is -0.508 e. The molecular formula is C17H24O7. The van der Waals surface area contributed by atoms with E-state index in [2.05, 4.69) is 6.58 Å². The highest BCUT2D eigenvalue weighted by Crippen LogP contribution is 2.30. The fraction of sp³-hybridized carbons (Fsp3) is 0.529. The van der Waals surface area contributed by atoms with Crippen LogP contribution in [0.5, 0.6) is 11.5 Å². The first-order valence-electron chi connectivity index (χ1n) is 7.77. The van der Waals surface area contributed by atoms with E-state index in [1.54, 1.807) is 6.07 Å². The third kappa shape index (κ3) is 4.25. The van der Waals surface area contributed by atoms with Crippen molar-refractivity contribution < 1.29 is 35.0 Å². The molecule has 5 atom stereocenters. The molecule has 1 aliphatic heterocycles. The molecule has 1 heterocycles. The topological polar surface area (TPSA) is 120 Å². The monoisotopic (exact) mass is 340 g/mol. The molecule has 0 saturated carbocycles. The average Bonchev–Trinajstić information content (AvgIpc) is 2.54. The lowest BCUT2D eigenvalue weighted by Crippen LogP contribution is -2.60. The molecule has 1 aromatic rings. The van der Waals surface area contributed by atoms with Crippen molar-refractivity contribution in [3.8, 4) is 11.5 Å². The zero-order valence-corrected chi connectivity index (χ0v) is 13.5. The van der Waals surface area contributed by atoms with Crippen LogP contribution in [0.1, 0.15) is 18.9 Å². The van der Waals surface area contributed by atoms with Crippen molar-refractivity contribution in [1.82, 2.24) is 0 Å². The molecule has 0 spiro atoms. The van der Waals surface area contributed by atoms with Crippen molar-refractivity contribution >= 4 is 0 Å². The van der Waals surface area contributed by atoms with Crippen LogP contribution in [-0.2, 0) is 11.2 Å². The zero-order chi connectivity index (χ0) is 17.9. The van der Waals surface area contributed by atoms with Crippen molar-refractivity contribution in [1.29, 1.82) is 0 Å². The Hall–Kier alpha value is -1.64. The quantitative estimate of drug-likeness (QED) is 0.465. The largest absolute Gasteiger partial charge is 0.508 e. The number of ether oxygens (including phenoxy) is 2. The molecule has 2 rings (SSSR count). The minimum atomic E-state index is -1.52. The van der Waals surface area contributed by atoms with Crippen LogP contribution in [0.25, 0.3) is 0 Å². The van der Waals surface area contributed by atoms with Crippen molar-refractivity contribution in [3.05, 3.63) is 35.9 Å². The highest BCUT2D eigenvalue weighted by atomic mass is 16.7. The average molecular weight is 340 g/mol. The van der Waals surface area contributed by atoms with Crippen LogP contribution in [-0.4, -0.2) is 62.8 Å². The van der Waals surface area contributed by atoms with E-state index in [0.717, 1.165) is 17.6 Å². The van der Waals surface area contributed by atoms with Crippen molar-refractivity contribution in [2.45, 2.75) is 50.5 Å². The first-order chi connectivity index (χ1) is 11.3. The van der Waals surface area contributed by atoms with Gasteiger partial charge in [0.05, 0.1) is 6.61 Å². The van der Waals surface area contributed by atoms with E-state index in [1.165, 1.54) is 12.1 Å². The molecule has 1 aromatic carbocycles. The van der Waals surface area contributed by atoms with Gasteiger partial charge < -0.3 is 35.0 Å². The van der Waals surface area contributed by atoms with Gasteiger partial charge in [0.2, 0.25) is 6.29 Å². The van der Waals surface area contributed by atoms with E-state index in [9.17, 15) is 25.5 Å². The van der Waals surface area contributed by atoms with Gasteiger partial charge in [-0.05, 0) is 31.4 Å². The van der Waals surface area contributed by atoms with Gasteiger partial charge in [-0.15, -0.1) is 6.58 Å². The smallest absolute Gasteiger partial charge is 0.229 e. The van der Waals surface area contributed by atoms with Crippen LogP contribution >= 0.6 is 0 Å². The first-order valence-corrected chi connectivity index (χ1v) is 7.77. The number of aliphatic hydroxyl groups excluding tert-OH is 4. The number of aliphatic hydroxyl groups is 4. The van der Waals surface area contributed by atoms with Gasteiger partial charge in [-0.1, -0.05) is 11.6 Å². The Bertz CT molecular complexity index is 572. The molecule has 0 bridgehead atoms. The molecule has 1 saturated heterocycles. The standard InChI is InChI=1S/C17H24O7/c1-9(2)3-4-10-5-6-11(19)7-12(10)23-17-16(22)15(21)14(20)13(8-18)24-17/h5-7,13-22H,1,3-4,8H2,2H3/t13-,14-,15+,16-,17-/m1/s1. The Balaban J connectivity index is 2.19.